The number of urea groups is 1. The number of alkyl halides is 1. The molecule has 0 saturated heterocycles. The van der Waals surface area contributed by atoms with E-state index < -0.39 is 23.4 Å². The van der Waals surface area contributed by atoms with Crippen molar-refractivity contribution < 1.29 is 24.0 Å². The van der Waals surface area contributed by atoms with Gasteiger partial charge >= 0.3 is 6.03 Å². The molecule has 33 heavy (non-hydrogen) atoms. The monoisotopic (exact) mass is 488 g/mol. The molecule has 0 aliphatic heterocycles. The Balaban J connectivity index is 4.92. The lowest BCUT2D eigenvalue weighted by molar-refractivity contribution is -0.135. The van der Waals surface area contributed by atoms with Crippen molar-refractivity contribution in [1.29, 1.82) is 0 Å². The third-order valence-electron chi connectivity index (χ3n) is 5.19. The first-order valence-electron chi connectivity index (χ1n) is 11.5. The van der Waals surface area contributed by atoms with Crippen LogP contribution in [0.25, 0.3) is 0 Å². The number of ketones is 2. The van der Waals surface area contributed by atoms with Crippen molar-refractivity contribution in [3.05, 3.63) is 0 Å². The fraction of sp³-hybridized carbons (Fsp3) is 0.783. The van der Waals surface area contributed by atoms with Crippen LogP contribution in [-0.2, 0) is 19.2 Å². The molecule has 0 aromatic carbocycles. The average molecular weight is 489 g/mol. The molecule has 4 amide bonds. The summed E-state index contributed by atoms with van der Waals surface area (Å²) < 4.78 is 0. The smallest absolute Gasteiger partial charge is 0.312 e. The van der Waals surface area contributed by atoms with Crippen molar-refractivity contribution in [2.75, 3.05) is 19.0 Å². The highest BCUT2D eigenvalue weighted by molar-refractivity contribution is 6.27. The van der Waals surface area contributed by atoms with Crippen LogP contribution < -0.4 is 21.7 Å². The number of nitrogens with two attached hydrogens (primary N) is 1. The standard InChI is InChI=1S/C23H41ClN4O5/c1-15(2)20(28-18(30)10-6-7-11-26-19(31)14-24)17(29)13-16(21(32)23(3,4)5)9-8-12-27-22(25)33/h15-16,20H,6-14H2,1-5H3,(H,26,31)(H,28,30)(H3,25,27,33)/t16-,20+/m1/s1. The molecule has 0 radical (unpaired) electrons. The van der Waals surface area contributed by atoms with E-state index in [1.54, 1.807) is 0 Å². The maximum Gasteiger partial charge on any atom is 0.312 e. The molecule has 9 nitrogen and oxygen atoms in total. The second kappa shape index (κ2) is 15.6. The Morgan fingerprint density at radius 3 is 2.03 bits per heavy atom. The third-order valence-corrected chi connectivity index (χ3v) is 5.43. The summed E-state index contributed by atoms with van der Waals surface area (Å²) in [4.78, 5) is 60.3. The molecule has 0 spiro atoms. The van der Waals surface area contributed by atoms with Gasteiger partial charge in [0.1, 0.15) is 11.7 Å². The number of rotatable bonds is 16. The summed E-state index contributed by atoms with van der Waals surface area (Å²) in [6, 6.07) is -1.32. The highest BCUT2D eigenvalue weighted by Crippen LogP contribution is 2.26. The number of unbranched alkanes of at least 4 members (excludes halogenated alkanes) is 1. The van der Waals surface area contributed by atoms with Crippen LogP contribution in [0.15, 0.2) is 0 Å². The minimum atomic E-state index is -0.688. The fourth-order valence-corrected chi connectivity index (χ4v) is 3.51. The maximum atomic E-state index is 13.1. The van der Waals surface area contributed by atoms with Gasteiger partial charge in [0, 0.05) is 37.3 Å². The molecule has 0 fully saturated rings. The van der Waals surface area contributed by atoms with Crippen LogP contribution in [0, 0.1) is 17.3 Å². The van der Waals surface area contributed by atoms with E-state index in [-0.39, 0.29) is 48.0 Å². The lowest BCUT2D eigenvalue weighted by atomic mass is 9.78. The van der Waals surface area contributed by atoms with Crippen molar-refractivity contribution in [2.45, 2.75) is 79.2 Å². The Hall–Kier alpha value is -2.16. The van der Waals surface area contributed by atoms with Gasteiger partial charge in [0.15, 0.2) is 5.78 Å². The van der Waals surface area contributed by atoms with Crippen LogP contribution in [0.1, 0.15) is 73.1 Å². The normalized spacial score (nSPS) is 13.2. The van der Waals surface area contributed by atoms with Crippen LogP contribution in [-0.4, -0.2) is 54.4 Å². The predicted molar refractivity (Wildman–Crippen MR) is 129 cm³/mol. The molecule has 5 N–H and O–H groups in total. The van der Waals surface area contributed by atoms with E-state index in [9.17, 15) is 24.0 Å². The Bertz CT molecular complexity index is 676. The van der Waals surface area contributed by atoms with E-state index >= 15 is 0 Å². The summed E-state index contributed by atoms with van der Waals surface area (Å²) in [6.07, 6.45) is 2.40. The molecule has 0 bridgehead atoms. The summed E-state index contributed by atoms with van der Waals surface area (Å²) in [5.74, 6) is -1.44. The van der Waals surface area contributed by atoms with Crippen molar-refractivity contribution in [3.8, 4) is 0 Å². The van der Waals surface area contributed by atoms with E-state index in [1.807, 2.05) is 34.6 Å². The number of amides is 4. The van der Waals surface area contributed by atoms with Gasteiger partial charge in [-0.25, -0.2) is 4.79 Å². The summed E-state index contributed by atoms with van der Waals surface area (Å²) in [5.41, 5.74) is 4.46. The highest BCUT2D eigenvalue weighted by Gasteiger charge is 2.33. The summed E-state index contributed by atoms with van der Waals surface area (Å²) >= 11 is 5.41. The van der Waals surface area contributed by atoms with E-state index in [2.05, 4.69) is 16.0 Å². The van der Waals surface area contributed by atoms with Gasteiger partial charge in [-0.1, -0.05) is 34.6 Å². The molecule has 0 rings (SSSR count). The molecule has 0 aromatic heterocycles. The molecule has 0 aliphatic carbocycles. The van der Waals surface area contributed by atoms with Crippen molar-refractivity contribution in [2.24, 2.45) is 23.0 Å². The predicted octanol–water partition coefficient (Wildman–Crippen LogP) is 2.29. The zero-order valence-electron chi connectivity index (χ0n) is 20.6. The number of carbonyl (C=O) groups is 5. The topological polar surface area (TPSA) is 147 Å². The van der Waals surface area contributed by atoms with Crippen LogP contribution in [0.5, 0.6) is 0 Å². The number of hydrogen-bond donors (Lipinski definition) is 4. The summed E-state index contributed by atoms with van der Waals surface area (Å²) in [7, 11) is 0. The second-order valence-electron chi connectivity index (χ2n) is 9.64. The van der Waals surface area contributed by atoms with E-state index in [1.165, 1.54) is 0 Å². The van der Waals surface area contributed by atoms with Crippen molar-refractivity contribution in [3.63, 3.8) is 0 Å². The largest absolute Gasteiger partial charge is 0.355 e. The Labute approximate surface area is 202 Å². The number of primary amides is 1. The first-order valence-corrected chi connectivity index (χ1v) is 12.0. The minimum absolute atomic E-state index is 0.0252. The molecule has 0 heterocycles. The van der Waals surface area contributed by atoms with Gasteiger partial charge in [-0.15, -0.1) is 11.6 Å². The number of carbonyl (C=O) groups excluding carboxylic acids is 5. The molecular weight excluding hydrogens is 448 g/mol. The van der Waals surface area contributed by atoms with E-state index in [4.69, 9.17) is 17.3 Å². The van der Waals surface area contributed by atoms with Gasteiger partial charge in [0.25, 0.3) is 0 Å². The molecule has 0 aliphatic rings. The number of nitrogens with one attached hydrogen (secondary N) is 3. The van der Waals surface area contributed by atoms with Crippen molar-refractivity contribution >= 4 is 41.0 Å². The molecule has 190 valence electrons. The summed E-state index contributed by atoms with van der Waals surface area (Å²) in [5, 5.41) is 7.94. The van der Waals surface area contributed by atoms with E-state index in [0.29, 0.717) is 38.8 Å². The number of Topliss-reactive ketones (excluding diaryl/α,β-unsaturated/α-hetero) is 2. The Morgan fingerprint density at radius 1 is 0.909 bits per heavy atom. The van der Waals surface area contributed by atoms with Gasteiger partial charge < -0.3 is 21.7 Å². The molecule has 0 unspecified atom stereocenters. The first-order chi connectivity index (χ1) is 15.3. The van der Waals surface area contributed by atoms with Crippen LogP contribution in [0.3, 0.4) is 0 Å². The van der Waals surface area contributed by atoms with Gasteiger partial charge in [-0.3, -0.25) is 19.2 Å². The molecular formula is C23H41ClN4O5. The molecule has 0 saturated carbocycles. The number of halogens is 1. The van der Waals surface area contributed by atoms with Crippen LogP contribution in [0.4, 0.5) is 4.79 Å². The van der Waals surface area contributed by atoms with Gasteiger partial charge in [0.2, 0.25) is 11.8 Å². The lowest BCUT2D eigenvalue weighted by Crippen LogP contribution is -2.45. The van der Waals surface area contributed by atoms with Crippen LogP contribution in [0.2, 0.25) is 0 Å². The second-order valence-corrected chi connectivity index (χ2v) is 9.91. The molecule has 10 heteroatoms. The summed E-state index contributed by atoms with van der Waals surface area (Å²) in [6.45, 7) is 9.90. The maximum absolute atomic E-state index is 13.1. The fourth-order valence-electron chi connectivity index (χ4n) is 3.42. The Morgan fingerprint density at radius 2 is 1.52 bits per heavy atom. The van der Waals surface area contributed by atoms with Gasteiger partial charge in [0.05, 0.1) is 6.04 Å². The number of hydrogen-bond acceptors (Lipinski definition) is 5. The third kappa shape index (κ3) is 13.9. The zero-order chi connectivity index (χ0) is 25.6. The van der Waals surface area contributed by atoms with Gasteiger partial charge in [-0.05, 0) is 31.6 Å². The SMILES string of the molecule is CC(C)[C@H](NC(=O)CCCCNC(=O)CCl)C(=O)C[C@@H](CCCNC(N)=O)C(=O)C(C)(C)C. The Kier molecular flexibility index (Phi) is 14.6. The molecule has 2 atom stereocenters. The van der Waals surface area contributed by atoms with Gasteiger partial charge in [-0.2, -0.15) is 0 Å². The quantitative estimate of drug-likeness (QED) is 0.194. The first kappa shape index (κ1) is 30.8. The zero-order valence-corrected chi connectivity index (χ0v) is 21.3. The minimum Gasteiger partial charge on any atom is -0.355 e. The van der Waals surface area contributed by atoms with E-state index in [0.717, 1.165) is 0 Å². The van der Waals surface area contributed by atoms with Crippen molar-refractivity contribution in [1.82, 2.24) is 16.0 Å². The lowest BCUT2D eigenvalue weighted by Gasteiger charge is -2.27. The average Bonchev–Trinajstić information content (AvgIpc) is 2.71. The van der Waals surface area contributed by atoms with Crippen LogP contribution >= 0.6 is 11.6 Å². The molecule has 0 aromatic rings. The highest BCUT2D eigenvalue weighted by atomic mass is 35.5.